The summed E-state index contributed by atoms with van der Waals surface area (Å²) in [5, 5.41) is 7.02. The van der Waals surface area contributed by atoms with E-state index in [1.54, 1.807) is 0 Å². The molecule has 0 spiro atoms. The van der Waals surface area contributed by atoms with Crippen molar-refractivity contribution in [3.63, 3.8) is 0 Å². The summed E-state index contributed by atoms with van der Waals surface area (Å²) in [4.78, 5) is 32.2. The van der Waals surface area contributed by atoms with Crippen LogP contribution in [0.25, 0.3) is 11.0 Å². The first-order valence-corrected chi connectivity index (χ1v) is 9.03. The van der Waals surface area contributed by atoms with Crippen molar-refractivity contribution in [1.82, 2.24) is 25.1 Å². The number of para-hydroxylation sites is 2. The Morgan fingerprint density at radius 1 is 1.00 bits per heavy atom. The second-order valence-corrected chi connectivity index (χ2v) is 6.41. The van der Waals surface area contributed by atoms with Crippen molar-refractivity contribution in [3.8, 4) is 0 Å². The standard InChI is InChI=1S/C21H19N5O2/c27-20-11-10-18(25-26(20)14-15-6-2-1-3-7-15)21(28)22-13-12-19-23-16-8-4-5-9-17(16)24-19/h1-11H,12-14H2,(H,22,28)(H,23,24). The van der Waals surface area contributed by atoms with E-state index in [1.165, 1.54) is 16.8 Å². The molecule has 0 aliphatic heterocycles. The van der Waals surface area contributed by atoms with Crippen molar-refractivity contribution in [1.29, 1.82) is 0 Å². The van der Waals surface area contributed by atoms with Gasteiger partial charge in [-0.2, -0.15) is 5.10 Å². The van der Waals surface area contributed by atoms with Crippen LogP contribution in [0.1, 0.15) is 21.9 Å². The fourth-order valence-corrected chi connectivity index (χ4v) is 2.95. The topological polar surface area (TPSA) is 92.7 Å². The van der Waals surface area contributed by atoms with Crippen molar-refractivity contribution in [3.05, 3.63) is 94.2 Å². The highest BCUT2D eigenvalue weighted by molar-refractivity contribution is 5.92. The molecule has 0 radical (unpaired) electrons. The fraction of sp³-hybridized carbons (Fsp3) is 0.143. The quantitative estimate of drug-likeness (QED) is 0.542. The minimum atomic E-state index is -0.321. The number of fused-ring (bicyclic) bond motifs is 1. The summed E-state index contributed by atoms with van der Waals surface area (Å²) < 4.78 is 1.30. The third-order valence-corrected chi connectivity index (χ3v) is 4.36. The van der Waals surface area contributed by atoms with Gasteiger partial charge in [0.1, 0.15) is 11.5 Å². The Morgan fingerprint density at radius 2 is 1.79 bits per heavy atom. The Morgan fingerprint density at radius 3 is 2.61 bits per heavy atom. The van der Waals surface area contributed by atoms with E-state index >= 15 is 0 Å². The molecular weight excluding hydrogens is 354 g/mol. The SMILES string of the molecule is O=C(NCCc1nc2ccccc2[nH]1)c1ccc(=O)n(Cc2ccccc2)n1. The van der Waals surface area contributed by atoms with Gasteiger partial charge in [0.25, 0.3) is 11.5 Å². The van der Waals surface area contributed by atoms with E-state index in [9.17, 15) is 9.59 Å². The van der Waals surface area contributed by atoms with Gasteiger partial charge < -0.3 is 10.3 Å². The number of amides is 1. The van der Waals surface area contributed by atoms with Crippen LogP contribution in [0.15, 0.2) is 71.5 Å². The van der Waals surface area contributed by atoms with Crippen LogP contribution in [0.2, 0.25) is 0 Å². The monoisotopic (exact) mass is 373 g/mol. The lowest BCUT2D eigenvalue weighted by Gasteiger charge is -2.07. The molecule has 0 unspecified atom stereocenters. The average Bonchev–Trinajstić information content (AvgIpc) is 3.13. The van der Waals surface area contributed by atoms with Gasteiger partial charge in [-0.05, 0) is 23.8 Å². The van der Waals surface area contributed by atoms with Crippen molar-refractivity contribution in [2.45, 2.75) is 13.0 Å². The molecule has 4 aromatic rings. The normalized spacial score (nSPS) is 10.9. The van der Waals surface area contributed by atoms with Crippen molar-refractivity contribution < 1.29 is 4.79 Å². The summed E-state index contributed by atoms with van der Waals surface area (Å²) in [7, 11) is 0. The van der Waals surface area contributed by atoms with Crippen LogP contribution < -0.4 is 10.9 Å². The molecule has 0 saturated heterocycles. The molecule has 140 valence electrons. The van der Waals surface area contributed by atoms with Crippen LogP contribution in [-0.4, -0.2) is 32.2 Å². The highest BCUT2D eigenvalue weighted by Crippen LogP contribution is 2.10. The number of hydrogen-bond donors (Lipinski definition) is 2. The second kappa shape index (κ2) is 7.87. The van der Waals surface area contributed by atoms with Crippen molar-refractivity contribution >= 4 is 16.9 Å². The van der Waals surface area contributed by atoms with E-state index < -0.39 is 0 Å². The number of imidazole rings is 1. The molecule has 2 aromatic heterocycles. The summed E-state index contributed by atoms with van der Waals surface area (Å²) in [5.41, 5.74) is 2.78. The summed E-state index contributed by atoms with van der Waals surface area (Å²) >= 11 is 0. The second-order valence-electron chi connectivity index (χ2n) is 6.41. The Bertz CT molecular complexity index is 1130. The number of rotatable bonds is 6. The third kappa shape index (κ3) is 3.98. The molecule has 2 N–H and O–H groups in total. The molecule has 0 atom stereocenters. The fourth-order valence-electron chi connectivity index (χ4n) is 2.95. The van der Waals surface area contributed by atoms with Crippen LogP contribution in [-0.2, 0) is 13.0 Å². The number of nitrogens with one attached hydrogen (secondary N) is 2. The van der Waals surface area contributed by atoms with E-state index in [4.69, 9.17) is 0 Å². The number of H-pyrrole nitrogens is 1. The van der Waals surface area contributed by atoms with E-state index in [1.807, 2.05) is 54.6 Å². The lowest BCUT2D eigenvalue weighted by atomic mass is 10.2. The maximum Gasteiger partial charge on any atom is 0.271 e. The number of hydrogen-bond acceptors (Lipinski definition) is 4. The number of aromatic nitrogens is 4. The summed E-state index contributed by atoms with van der Waals surface area (Å²) in [6, 6.07) is 20.1. The van der Waals surface area contributed by atoms with Gasteiger partial charge in [-0.1, -0.05) is 42.5 Å². The van der Waals surface area contributed by atoms with E-state index in [-0.39, 0.29) is 17.2 Å². The molecule has 28 heavy (non-hydrogen) atoms. The number of nitrogens with zero attached hydrogens (tertiary/aromatic N) is 3. The lowest BCUT2D eigenvalue weighted by Crippen LogP contribution is -2.31. The van der Waals surface area contributed by atoms with Gasteiger partial charge in [-0.3, -0.25) is 9.59 Å². The molecule has 2 aromatic carbocycles. The molecule has 0 fully saturated rings. The Labute approximate surface area is 161 Å². The van der Waals surface area contributed by atoms with Gasteiger partial charge in [0, 0.05) is 19.0 Å². The average molecular weight is 373 g/mol. The highest BCUT2D eigenvalue weighted by atomic mass is 16.2. The number of benzene rings is 2. The molecule has 0 bridgehead atoms. The zero-order valence-electron chi connectivity index (χ0n) is 15.1. The van der Waals surface area contributed by atoms with E-state index in [0.717, 1.165) is 22.4 Å². The van der Waals surface area contributed by atoms with Crippen LogP contribution >= 0.6 is 0 Å². The number of carbonyl (C=O) groups excluding carboxylic acids is 1. The van der Waals surface area contributed by atoms with Crippen LogP contribution in [0.3, 0.4) is 0 Å². The Hall–Kier alpha value is -3.74. The first-order valence-electron chi connectivity index (χ1n) is 9.03. The zero-order valence-corrected chi connectivity index (χ0v) is 15.1. The lowest BCUT2D eigenvalue weighted by molar-refractivity contribution is 0.0946. The Balaban J connectivity index is 1.40. The largest absolute Gasteiger partial charge is 0.350 e. The molecule has 0 saturated carbocycles. The number of aromatic amines is 1. The van der Waals surface area contributed by atoms with Gasteiger partial charge in [-0.25, -0.2) is 9.67 Å². The van der Waals surface area contributed by atoms with E-state index in [0.29, 0.717) is 19.5 Å². The summed E-state index contributed by atoms with van der Waals surface area (Å²) in [6.07, 6.45) is 0.573. The predicted octanol–water partition coefficient (Wildman–Crippen LogP) is 2.14. The van der Waals surface area contributed by atoms with Gasteiger partial charge in [0.15, 0.2) is 0 Å². The first-order chi connectivity index (χ1) is 13.7. The minimum Gasteiger partial charge on any atom is -0.350 e. The predicted molar refractivity (Wildman–Crippen MR) is 106 cm³/mol. The minimum absolute atomic E-state index is 0.208. The molecule has 7 nitrogen and oxygen atoms in total. The van der Waals surface area contributed by atoms with Crippen LogP contribution in [0, 0.1) is 0 Å². The molecule has 1 amide bonds. The summed E-state index contributed by atoms with van der Waals surface area (Å²) in [5.74, 6) is 0.487. The van der Waals surface area contributed by atoms with Gasteiger partial charge in [0.2, 0.25) is 0 Å². The van der Waals surface area contributed by atoms with Crippen LogP contribution in [0.5, 0.6) is 0 Å². The van der Waals surface area contributed by atoms with Crippen molar-refractivity contribution in [2.75, 3.05) is 6.54 Å². The zero-order chi connectivity index (χ0) is 19.3. The maximum absolute atomic E-state index is 12.4. The Kier molecular flexibility index (Phi) is 4.97. The molecular formula is C21H19N5O2. The molecule has 0 aliphatic rings. The first kappa shape index (κ1) is 17.7. The maximum atomic E-state index is 12.4. The number of carbonyl (C=O) groups is 1. The molecule has 7 heteroatoms. The molecule has 4 rings (SSSR count). The van der Waals surface area contributed by atoms with Gasteiger partial charge >= 0.3 is 0 Å². The van der Waals surface area contributed by atoms with Gasteiger partial charge in [0.05, 0.1) is 17.6 Å². The highest BCUT2D eigenvalue weighted by Gasteiger charge is 2.10. The summed E-state index contributed by atoms with van der Waals surface area (Å²) in [6.45, 7) is 0.734. The smallest absolute Gasteiger partial charge is 0.271 e. The van der Waals surface area contributed by atoms with E-state index in [2.05, 4.69) is 20.4 Å². The molecule has 2 heterocycles. The van der Waals surface area contributed by atoms with Crippen LogP contribution in [0.4, 0.5) is 0 Å². The van der Waals surface area contributed by atoms with Gasteiger partial charge in [-0.15, -0.1) is 0 Å². The third-order valence-electron chi connectivity index (χ3n) is 4.36. The molecule has 0 aliphatic carbocycles. The van der Waals surface area contributed by atoms with Crippen molar-refractivity contribution in [2.24, 2.45) is 0 Å².